The van der Waals surface area contributed by atoms with E-state index in [4.69, 9.17) is 10.1 Å². The minimum atomic E-state index is 0.369. The molecule has 0 saturated carbocycles. The largest absolute Gasteiger partial charge is 0.497 e. The lowest BCUT2D eigenvalue weighted by molar-refractivity contribution is 0.137. The Hall–Kier alpha value is -1.52. The number of likely N-dealkylation sites (tertiary alicyclic amines) is 1. The molecule has 2 aliphatic rings. The van der Waals surface area contributed by atoms with Crippen LogP contribution >= 0.6 is 11.8 Å². The predicted molar refractivity (Wildman–Crippen MR) is 123 cm³/mol. The summed E-state index contributed by atoms with van der Waals surface area (Å²) >= 11 is 2.09. The summed E-state index contributed by atoms with van der Waals surface area (Å²) in [6.07, 6.45) is 5.02. The van der Waals surface area contributed by atoms with Crippen molar-refractivity contribution in [3.05, 3.63) is 42.0 Å². The first-order valence-electron chi connectivity index (χ1n) is 10.7. The summed E-state index contributed by atoms with van der Waals surface area (Å²) in [7, 11) is 1.70. The molecule has 4 heteroatoms. The highest BCUT2D eigenvalue weighted by Gasteiger charge is 2.29. The fraction of sp³-hybridized carbons (Fsp3) is 0.542. The van der Waals surface area contributed by atoms with E-state index in [0.29, 0.717) is 5.92 Å². The molecule has 28 heavy (non-hydrogen) atoms. The maximum absolute atomic E-state index is 8.83. The number of piperidine rings is 1. The van der Waals surface area contributed by atoms with Crippen LogP contribution in [-0.2, 0) is 0 Å². The predicted octanol–water partition coefficient (Wildman–Crippen LogP) is 5.85. The Bertz CT molecular complexity index is 785. The first-order chi connectivity index (χ1) is 13.7. The number of nitrogens with zero attached hydrogens (tertiary/aromatic N) is 1. The van der Waals surface area contributed by atoms with Gasteiger partial charge in [-0.2, -0.15) is 11.8 Å². The van der Waals surface area contributed by atoms with E-state index in [0.717, 1.165) is 36.0 Å². The molecule has 0 aromatic heterocycles. The van der Waals surface area contributed by atoms with Gasteiger partial charge in [0.05, 0.1) is 7.11 Å². The average Bonchev–Trinajstić information content (AvgIpc) is 2.80. The average molecular weight is 399 g/mol. The van der Waals surface area contributed by atoms with Crippen molar-refractivity contribution in [2.24, 2.45) is 5.92 Å². The van der Waals surface area contributed by atoms with Gasteiger partial charge >= 0.3 is 0 Å². The Balaban J connectivity index is 0.00000109. The van der Waals surface area contributed by atoms with E-state index in [1.165, 1.54) is 48.1 Å². The molecule has 152 valence electrons. The maximum Gasteiger partial charge on any atom is 0.119 e. The summed E-state index contributed by atoms with van der Waals surface area (Å²) in [6.45, 7) is 6.28. The van der Waals surface area contributed by atoms with Gasteiger partial charge in [-0.15, -0.1) is 0 Å². The second kappa shape index (κ2) is 10.3. The highest BCUT2D eigenvalue weighted by Crippen LogP contribution is 2.29. The summed E-state index contributed by atoms with van der Waals surface area (Å²) in [5.41, 5.74) is 1.89. The SMILES string of the molecule is CC.COc1ccc2cc(C(=N)C3CCCN(C4CCSCC4)C3)ccc2c1. The van der Waals surface area contributed by atoms with Crippen molar-refractivity contribution in [1.29, 1.82) is 5.41 Å². The molecule has 2 aliphatic heterocycles. The minimum Gasteiger partial charge on any atom is -0.497 e. The third-order valence-corrected chi connectivity index (χ3v) is 6.98. The molecule has 1 unspecified atom stereocenters. The molecule has 1 atom stereocenters. The molecule has 2 aromatic rings. The third kappa shape index (κ3) is 4.90. The van der Waals surface area contributed by atoms with Crippen LogP contribution in [0.1, 0.15) is 45.1 Å². The molecule has 0 radical (unpaired) electrons. The zero-order valence-electron chi connectivity index (χ0n) is 17.5. The number of nitrogens with one attached hydrogen (secondary N) is 1. The lowest BCUT2D eigenvalue weighted by Crippen LogP contribution is -2.46. The van der Waals surface area contributed by atoms with Crippen LogP contribution in [0.3, 0.4) is 0 Å². The van der Waals surface area contributed by atoms with E-state index >= 15 is 0 Å². The first-order valence-corrected chi connectivity index (χ1v) is 11.9. The summed E-state index contributed by atoms with van der Waals surface area (Å²) < 4.78 is 5.32. The number of hydrogen-bond acceptors (Lipinski definition) is 4. The van der Waals surface area contributed by atoms with E-state index in [1.807, 2.05) is 19.9 Å². The van der Waals surface area contributed by atoms with Crippen LogP contribution in [0.15, 0.2) is 36.4 Å². The fourth-order valence-electron chi connectivity index (χ4n) is 4.38. The quantitative estimate of drug-likeness (QED) is 0.656. The lowest BCUT2D eigenvalue weighted by atomic mass is 9.87. The Kier molecular flexibility index (Phi) is 7.81. The van der Waals surface area contributed by atoms with Gasteiger partial charge in [0, 0.05) is 24.2 Å². The standard InChI is InChI=1S/C22H28N2OS.C2H6/c1-25-21-7-6-16-13-18(5-4-17(16)14-21)22(23)19-3-2-10-24(15-19)20-8-11-26-12-9-20;1-2/h4-7,13-14,19-20,23H,2-3,8-12,15H2,1H3;1-2H3. The smallest absolute Gasteiger partial charge is 0.119 e. The first kappa shape index (κ1) is 21.2. The van der Waals surface area contributed by atoms with Gasteiger partial charge in [-0.05, 0) is 78.3 Å². The van der Waals surface area contributed by atoms with Crippen molar-refractivity contribution in [3.63, 3.8) is 0 Å². The van der Waals surface area contributed by atoms with Gasteiger partial charge in [-0.1, -0.05) is 32.0 Å². The molecular weight excluding hydrogens is 364 g/mol. The molecule has 0 spiro atoms. The fourth-order valence-corrected chi connectivity index (χ4v) is 5.46. The Labute approximate surface area is 174 Å². The summed E-state index contributed by atoms with van der Waals surface area (Å²) in [6, 6.07) is 13.3. The number of thioether (sulfide) groups is 1. The van der Waals surface area contributed by atoms with Gasteiger partial charge in [0.1, 0.15) is 5.75 Å². The summed E-state index contributed by atoms with van der Waals surface area (Å²) in [4.78, 5) is 2.67. The number of ether oxygens (including phenoxy) is 1. The number of fused-ring (bicyclic) bond motifs is 1. The molecule has 2 saturated heterocycles. The van der Waals surface area contributed by atoms with Gasteiger partial charge in [0.25, 0.3) is 0 Å². The molecule has 1 N–H and O–H groups in total. The Morgan fingerprint density at radius 2 is 1.75 bits per heavy atom. The molecule has 0 aliphatic carbocycles. The zero-order valence-corrected chi connectivity index (χ0v) is 18.4. The van der Waals surface area contributed by atoms with Gasteiger partial charge < -0.3 is 10.1 Å². The molecule has 0 bridgehead atoms. The van der Waals surface area contributed by atoms with E-state index in [9.17, 15) is 0 Å². The van der Waals surface area contributed by atoms with Crippen LogP contribution in [-0.4, -0.2) is 48.4 Å². The normalized spacial score (nSPS) is 21.0. The maximum atomic E-state index is 8.83. The van der Waals surface area contributed by atoms with Crippen molar-refractivity contribution in [2.45, 2.75) is 45.6 Å². The minimum absolute atomic E-state index is 0.369. The van der Waals surface area contributed by atoms with E-state index in [1.54, 1.807) is 7.11 Å². The van der Waals surface area contributed by atoms with Crippen LogP contribution < -0.4 is 4.74 Å². The van der Waals surface area contributed by atoms with E-state index < -0.39 is 0 Å². The molecule has 3 nitrogen and oxygen atoms in total. The molecule has 4 rings (SSSR count). The van der Waals surface area contributed by atoms with Crippen LogP contribution in [0.5, 0.6) is 5.75 Å². The highest BCUT2D eigenvalue weighted by atomic mass is 32.2. The third-order valence-electron chi connectivity index (χ3n) is 5.93. The van der Waals surface area contributed by atoms with Gasteiger partial charge in [-0.3, -0.25) is 4.90 Å². The topological polar surface area (TPSA) is 36.3 Å². The monoisotopic (exact) mass is 398 g/mol. The van der Waals surface area contributed by atoms with Crippen molar-refractivity contribution >= 4 is 28.2 Å². The van der Waals surface area contributed by atoms with Crippen molar-refractivity contribution in [2.75, 3.05) is 31.7 Å². The lowest BCUT2D eigenvalue weighted by Gasteiger charge is -2.40. The molecular formula is C24H34N2OS. The van der Waals surface area contributed by atoms with Gasteiger partial charge in [0.15, 0.2) is 0 Å². The Morgan fingerprint density at radius 3 is 2.50 bits per heavy atom. The van der Waals surface area contributed by atoms with E-state index in [-0.39, 0.29) is 0 Å². The number of benzene rings is 2. The second-order valence-electron chi connectivity index (χ2n) is 7.52. The summed E-state index contributed by atoms with van der Waals surface area (Å²) in [5, 5.41) is 11.2. The van der Waals surface area contributed by atoms with Gasteiger partial charge in [-0.25, -0.2) is 0 Å². The van der Waals surface area contributed by atoms with Crippen LogP contribution in [0.25, 0.3) is 10.8 Å². The molecule has 2 heterocycles. The second-order valence-corrected chi connectivity index (χ2v) is 8.74. The number of hydrogen-bond donors (Lipinski definition) is 1. The van der Waals surface area contributed by atoms with Gasteiger partial charge in [0.2, 0.25) is 0 Å². The Morgan fingerprint density at radius 1 is 1.04 bits per heavy atom. The van der Waals surface area contributed by atoms with Crippen molar-refractivity contribution in [1.82, 2.24) is 4.90 Å². The number of rotatable bonds is 4. The van der Waals surface area contributed by atoms with E-state index in [2.05, 4.69) is 47.0 Å². The van der Waals surface area contributed by atoms with Crippen molar-refractivity contribution < 1.29 is 4.74 Å². The highest BCUT2D eigenvalue weighted by molar-refractivity contribution is 7.99. The summed E-state index contributed by atoms with van der Waals surface area (Å²) in [5.74, 6) is 3.86. The number of methoxy groups -OCH3 is 1. The molecule has 2 fully saturated rings. The zero-order chi connectivity index (χ0) is 19.9. The van der Waals surface area contributed by atoms with Crippen LogP contribution in [0.2, 0.25) is 0 Å². The molecule has 2 aromatic carbocycles. The van der Waals surface area contributed by atoms with Crippen molar-refractivity contribution in [3.8, 4) is 5.75 Å². The van der Waals surface area contributed by atoms with Crippen LogP contribution in [0, 0.1) is 11.3 Å². The van der Waals surface area contributed by atoms with Crippen LogP contribution in [0.4, 0.5) is 0 Å². The molecule has 0 amide bonds.